The third-order valence-electron chi connectivity index (χ3n) is 3.87. The monoisotopic (exact) mass is 333 g/mol. The molecule has 4 aromatic heterocycles. The lowest BCUT2D eigenvalue weighted by Gasteiger charge is -2.11. The van der Waals surface area contributed by atoms with Gasteiger partial charge in [0.25, 0.3) is 5.91 Å². The number of hydrogen-bond acceptors (Lipinski definition) is 5. The fourth-order valence-corrected chi connectivity index (χ4v) is 2.60. The van der Waals surface area contributed by atoms with Gasteiger partial charge in [0, 0.05) is 24.2 Å². The third kappa shape index (κ3) is 2.85. The Bertz CT molecular complexity index is 1020. The number of nitrogens with zero attached hydrogens (tertiary/aromatic N) is 5. The molecule has 0 saturated carbocycles. The van der Waals surface area contributed by atoms with E-state index in [9.17, 15) is 4.79 Å². The highest BCUT2D eigenvalue weighted by Crippen LogP contribution is 2.17. The molecule has 0 fully saturated rings. The number of carbonyl (C=O) groups excluding carboxylic acids is 1. The van der Waals surface area contributed by atoms with Gasteiger partial charge in [0.15, 0.2) is 11.5 Å². The molecule has 0 aliphatic heterocycles. The first-order valence-electron chi connectivity index (χ1n) is 7.79. The van der Waals surface area contributed by atoms with Gasteiger partial charge in [-0.05, 0) is 37.3 Å². The molecule has 1 amide bonds. The summed E-state index contributed by atoms with van der Waals surface area (Å²) in [5.41, 5.74) is 2.70. The molecule has 0 aromatic carbocycles. The van der Waals surface area contributed by atoms with Crippen LogP contribution < -0.4 is 5.32 Å². The average Bonchev–Trinajstić information content (AvgIpc) is 3.30. The number of pyridine rings is 2. The highest BCUT2D eigenvalue weighted by Gasteiger charge is 2.18. The molecule has 0 aliphatic carbocycles. The molecule has 8 heteroatoms. The van der Waals surface area contributed by atoms with Crippen molar-refractivity contribution < 1.29 is 4.79 Å². The van der Waals surface area contributed by atoms with E-state index >= 15 is 0 Å². The van der Waals surface area contributed by atoms with Crippen molar-refractivity contribution in [3.63, 3.8) is 0 Å². The zero-order chi connectivity index (χ0) is 17.2. The van der Waals surface area contributed by atoms with Crippen LogP contribution in [0.5, 0.6) is 0 Å². The second-order valence-electron chi connectivity index (χ2n) is 5.58. The molecule has 0 saturated heterocycles. The summed E-state index contributed by atoms with van der Waals surface area (Å²) in [5, 5.41) is 18.1. The maximum absolute atomic E-state index is 12.5. The van der Waals surface area contributed by atoms with E-state index in [1.165, 1.54) is 0 Å². The van der Waals surface area contributed by atoms with E-state index in [4.69, 9.17) is 0 Å². The Kier molecular flexibility index (Phi) is 3.70. The van der Waals surface area contributed by atoms with E-state index in [1.54, 1.807) is 18.5 Å². The Labute approximate surface area is 142 Å². The Hall–Kier alpha value is -3.55. The maximum atomic E-state index is 12.5. The minimum Gasteiger partial charge on any atom is -0.341 e. The predicted molar refractivity (Wildman–Crippen MR) is 90.7 cm³/mol. The van der Waals surface area contributed by atoms with Crippen molar-refractivity contribution in [1.29, 1.82) is 0 Å². The Morgan fingerprint density at radius 2 is 2.04 bits per heavy atom. The van der Waals surface area contributed by atoms with Crippen molar-refractivity contribution in [2.75, 3.05) is 0 Å². The molecular weight excluding hydrogens is 318 g/mol. The van der Waals surface area contributed by atoms with E-state index in [0.717, 1.165) is 11.2 Å². The topological polar surface area (TPSA) is 101 Å². The summed E-state index contributed by atoms with van der Waals surface area (Å²) in [5.74, 6) is 0.408. The molecule has 124 valence electrons. The molecule has 4 heterocycles. The van der Waals surface area contributed by atoms with Gasteiger partial charge >= 0.3 is 0 Å². The minimum absolute atomic E-state index is 0.256. The van der Waals surface area contributed by atoms with Gasteiger partial charge in [-0.15, -0.1) is 10.2 Å². The van der Waals surface area contributed by atoms with Crippen LogP contribution in [0.25, 0.3) is 16.9 Å². The van der Waals surface area contributed by atoms with Crippen LogP contribution in [0, 0.1) is 0 Å². The largest absolute Gasteiger partial charge is 0.341 e. The summed E-state index contributed by atoms with van der Waals surface area (Å²) < 4.78 is 1.85. The van der Waals surface area contributed by atoms with Crippen molar-refractivity contribution in [1.82, 2.24) is 35.1 Å². The van der Waals surface area contributed by atoms with E-state index in [2.05, 4.69) is 30.7 Å². The average molecular weight is 333 g/mol. The molecule has 25 heavy (non-hydrogen) atoms. The quantitative estimate of drug-likeness (QED) is 0.595. The molecule has 8 nitrogen and oxygen atoms in total. The van der Waals surface area contributed by atoms with Crippen molar-refractivity contribution >= 4 is 11.6 Å². The highest BCUT2D eigenvalue weighted by atomic mass is 16.2. The molecule has 1 atom stereocenters. The molecular formula is C17H15N7O. The number of carbonyl (C=O) groups is 1. The van der Waals surface area contributed by atoms with Crippen molar-refractivity contribution in [2.24, 2.45) is 0 Å². The van der Waals surface area contributed by atoms with E-state index in [0.29, 0.717) is 17.2 Å². The first-order chi connectivity index (χ1) is 12.2. The lowest BCUT2D eigenvalue weighted by Crippen LogP contribution is -2.28. The van der Waals surface area contributed by atoms with Crippen molar-refractivity contribution in [3.05, 3.63) is 66.5 Å². The van der Waals surface area contributed by atoms with Crippen LogP contribution in [0.4, 0.5) is 0 Å². The van der Waals surface area contributed by atoms with Crippen molar-refractivity contribution in [2.45, 2.75) is 13.0 Å². The molecule has 0 aliphatic rings. The van der Waals surface area contributed by atoms with Crippen LogP contribution >= 0.6 is 0 Å². The van der Waals surface area contributed by atoms with Gasteiger partial charge in [-0.1, -0.05) is 6.07 Å². The van der Waals surface area contributed by atoms with Gasteiger partial charge in [-0.2, -0.15) is 5.10 Å². The summed E-state index contributed by atoms with van der Waals surface area (Å²) in [6.45, 7) is 1.86. The molecule has 4 aromatic rings. The zero-order valence-electron chi connectivity index (χ0n) is 13.4. The fourth-order valence-electron chi connectivity index (χ4n) is 2.60. The summed E-state index contributed by atoms with van der Waals surface area (Å²) >= 11 is 0. The zero-order valence-corrected chi connectivity index (χ0v) is 13.4. The normalized spacial score (nSPS) is 12.2. The number of rotatable bonds is 4. The number of aromatic nitrogens is 6. The van der Waals surface area contributed by atoms with Crippen LogP contribution in [0.3, 0.4) is 0 Å². The standard InChI is InChI=1S/C17H15N7O/c1-11(16-23-22-15-4-2-3-9-24(15)16)19-17(25)14-10-13(20-21-14)12-5-7-18-8-6-12/h2-11H,1H3,(H,19,25)(H,20,21)/t11-/m0/s1. The molecule has 4 rings (SSSR count). The summed E-state index contributed by atoms with van der Waals surface area (Å²) in [4.78, 5) is 16.5. The summed E-state index contributed by atoms with van der Waals surface area (Å²) in [7, 11) is 0. The SMILES string of the molecule is C[C@H](NC(=O)c1cc(-c2ccncc2)n[nH]1)c1nnc2ccccn12. The van der Waals surface area contributed by atoms with Crippen LogP contribution in [-0.4, -0.2) is 35.7 Å². The van der Waals surface area contributed by atoms with Gasteiger partial charge in [0.2, 0.25) is 0 Å². The Balaban J connectivity index is 1.53. The van der Waals surface area contributed by atoms with Gasteiger partial charge in [0.05, 0.1) is 11.7 Å². The number of amides is 1. The van der Waals surface area contributed by atoms with E-state index in [-0.39, 0.29) is 11.9 Å². The molecule has 0 spiro atoms. The first kappa shape index (κ1) is 15.0. The molecule has 0 radical (unpaired) electrons. The fraction of sp³-hybridized carbons (Fsp3) is 0.118. The highest BCUT2D eigenvalue weighted by molar-refractivity contribution is 5.93. The second kappa shape index (κ2) is 6.16. The van der Waals surface area contributed by atoms with Crippen LogP contribution in [-0.2, 0) is 0 Å². The van der Waals surface area contributed by atoms with Gasteiger partial charge in [0.1, 0.15) is 5.69 Å². The number of H-pyrrole nitrogens is 1. The van der Waals surface area contributed by atoms with Gasteiger partial charge in [-0.3, -0.25) is 19.3 Å². The Morgan fingerprint density at radius 3 is 2.88 bits per heavy atom. The predicted octanol–water partition coefficient (Wildman–Crippen LogP) is 2.01. The van der Waals surface area contributed by atoms with E-state index < -0.39 is 0 Å². The number of fused-ring (bicyclic) bond motifs is 1. The summed E-state index contributed by atoms with van der Waals surface area (Å²) in [6.07, 6.45) is 5.23. The lowest BCUT2D eigenvalue weighted by molar-refractivity contribution is 0.0933. The minimum atomic E-state index is -0.308. The van der Waals surface area contributed by atoms with E-state index in [1.807, 2.05) is 47.9 Å². The number of aromatic amines is 1. The second-order valence-corrected chi connectivity index (χ2v) is 5.58. The number of hydrogen-bond donors (Lipinski definition) is 2. The Morgan fingerprint density at radius 1 is 1.20 bits per heavy atom. The summed E-state index contributed by atoms with van der Waals surface area (Å²) in [6, 6.07) is 10.7. The van der Waals surface area contributed by atoms with Gasteiger partial charge in [-0.25, -0.2) is 0 Å². The van der Waals surface area contributed by atoms with Gasteiger partial charge < -0.3 is 5.32 Å². The number of nitrogens with one attached hydrogen (secondary N) is 2. The molecule has 0 bridgehead atoms. The lowest BCUT2D eigenvalue weighted by atomic mass is 10.2. The maximum Gasteiger partial charge on any atom is 0.269 e. The molecule has 2 N–H and O–H groups in total. The smallest absolute Gasteiger partial charge is 0.269 e. The van der Waals surface area contributed by atoms with Crippen LogP contribution in [0.2, 0.25) is 0 Å². The first-order valence-corrected chi connectivity index (χ1v) is 7.79. The third-order valence-corrected chi connectivity index (χ3v) is 3.87. The van der Waals surface area contributed by atoms with Crippen molar-refractivity contribution in [3.8, 4) is 11.3 Å². The van der Waals surface area contributed by atoms with Crippen LogP contribution in [0.1, 0.15) is 29.3 Å². The molecule has 0 unspecified atom stereocenters. The van der Waals surface area contributed by atoms with Crippen LogP contribution in [0.15, 0.2) is 55.0 Å².